The van der Waals surface area contributed by atoms with Gasteiger partial charge in [0.25, 0.3) is 0 Å². The first-order chi connectivity index (χ1) is 8.99. The Morgan fingerprint density at radius 1 is 1.32 bits per heavy atom. The molecule has 0 saturated heterocycles. The molecule has 2 unspecified atom stereocenters. The molecule has 0 heterocycles. The zero-order valence-corrected chi connectivity index (χ0v) is 13.2. The van der Waals surface area contributed by atoms with E-state index in [4.69, 9.17) is 0 Å². The van der Waals surface area contributed by atoms with Gasteiger partial charge in [-0.25, -0.2) is 0 Å². The molecule has 0 aliphatic heterocycles. The smallest absolute Gasteiger partial charge is 0.0331 e. The molecule has 0 radical (unpaired) electrons. The van der Waals surface area contributed by atoms with Gasteiger partial charge in [-0.1, -0.05) is 52.8 Å². The van der Waals surface area contributed by atoms with Crippen molar-refractivity contribution in [2.75, 3.05) is 6.54 Å². The lowest BCUT2D eigenvalue weighted by molar-refractivity contribution is 0.427. The second-order valence-corrected chi connectivity index (χ2v) is 6.75. The Labute approximate surface area is 118 Å². The van der Waals surface area contributed by atoms with Crippen molar-refractivity contribution in [3.63, 3.8) is 0 Å². The maximum Gasteiger partial charge on any atom is 0.0331 e. The van der Waals surface area contributed by atoms with Crippen molar-refractivity contribution in [2.45, 2.75) is 71.3 Å². The number of benzene rings is 1. The van der Waals surface area contributed by atoms with Crippen LogP contribution in [0.2, 0.25) is 0 Å². The van der Waals surface area contributed by atoms with E-state index in [1.54, 1.807) is 11.1 Å². The summed E-state index contributed by atoms with van der Waals surface area (Å²) in [7, 11) is 0. The second kappa shape index (κ2) is 5.66. The third kappa shape index (κ3) is 2.86. The SMILES string of the molecule is CCCNC1CC(C)(C)c2ccc(C(C)CC)cc21. The van der Waals surface area contributed by atoms with Crippen molar-refractivity contribution in [1.82, 2.24) is 5.32 Å². The van der Waals surface area contributed by atoms with Crippen LogP contribution in [0.25, 0.3) is 0 Å². The molecule has 19 heavy (non-hydrogen) atoms. The van der Waals surface area contributed by atoms with Crippen LogP contribution in [0.3, 0.4) is 0 Å². The van der Waals surface area contributed by atoms with Crippen LogP contribution in [0.4, 0.5) is 0 Å². The van der Waals surface area contributed by atoms with Crippen molar-refractivity contribution < 1.29 is 0 Å². The monoisotopic (exact) mass is 259 g/mol. The molecule has 1 aromatic carbocycles. The van der Waals surface area contributed by atoms with Crippen molar-refractivity contribution in [3.05, 3.63) is 34.9 Å². The summed E-state index contributed by atoms with van der Waals surface area (Å²) in [5, 5.41) is 3.73. The highest BCUT2D eigenvalue weighted by Crippen LogP contribution is 2.45. The molecule has 1 aliphatic rings. The van der Waals surface area contributed by atoms with Gasteiger partial charge in [0.2, 0.25) is 0 Å². The molecule has 1 heteroatoms. The van der Waals surface area contributed by atoms with Gasteiger partial charge in [0.1, 0.15) is 0 Å². The molecule has 0 bridgehead atoms. The first-order valence-electron chi connectivity index (χ1n) is 7.87. The number of nitrogens with one attached hydrogen (secondary N) is 1. The third-order valence-corrected chi connectivity index (χ3v) is 4.72. The predicted molar refractivity (Wildman–Crippen MR) is 83.8 cm³/mol. The van der Waals surface area contributed by atoms with Gasteiger partial charge in [-0.05, 0) is 53.8 Å². The Morgan fingerprint density at radius 3 is 2.68 bits per heavy atom. The van der Waals surface area contributed by atoms with Gasteiger partial charge in [0.15, 0.2) is 0 Å². The summed E-state index contributed by atoms with van der Waals surface area (Å²) in [5.41, 5.74) is 4.92. The lowest BCUT2D eigenvalue weighted by Crippen LogP contribution is -2.22. The summed E-state index contributed by atoms with van der Waals surface area (Å²) < 4.78 is 0. The Bertz CT molecular complexity index is 433. The molecule has 0 aromatic heterocycles. The highest BCUT2D eigenvalue weighted by molar-refractivity contribution is 5.44. The van der Waals surface area contributed by atoms with Gasteiger partial charge >= 0.3 is 0 Å². The highest BCUT2D eigenvalue weighted by atomic mass is 14.9. The molecule has 2 rings (SSSR count). The van der Waals surface area contributed by atoms with Crippen LogP contribution in [0.1, 0.15) is 82.5 Å². The van der Waals surface area contributed by atoms with E-state index >= 15 is 0 Å². The standard InChI is InChI=1S/C18H29N/c1-6-10-19-17-12-18(4,5)16-9-8-14(11-15(16)17)13(3)7-2/h8-9,11,13,17,19H,6-7,10,12H2,1-5H3. The minimum absolute atomic E-state index is 0.314. The zero-order valence-electron chi connectivity index (χ0n) is 13.2. The Morgan fingerprint density at radius 2 is 2.05 bits per heavy atom. The summed E-state index contributed by atoms with van der Waals surface area (Å²) in [4.78, 5) is 0. The predicted octanol–water partition coefficient (Wildman–Crippen LogP) is 4.92. The zero-order chi connectivity index (χ0) is 14.0. The van der Waals surface area contributed by atoms with Gasteiger partial charge in [-0.15, -0.1) is 0 Å². The second-order valence-electron chi connectivity index (χ2n) is 6.75. The van der Waals surface area contributed by atoms with Crippen LogP contribution in [0.15, 0.2) is 18.2 Å². The number of rotatable bonds is 5. The normalized spacial score (nSPS) is 22.3. The van der Waals surface area contributed by atoms with Gasteiger partial charge in [0.05, 0.1) is 0 Å². The van der Waals surface area contributed by atoms with E-state index in [1.165, 1.54) is 24.8 Å². The van der Waals surface area contributed by atoms with Crippen LogP contribution >= 0.6 is 0 Å². The lowest BCUT2D eigenvalue weighted by Gasteiger charge is -2.19. The summed E-state index contributed by atoms with van der Waals surface area (Å²) in [6.07, 6.45) is 3.65. The third-order valence-electron chi connectivity index (χ3n) is 4.72. The van der Waals surface area contributed by atoms with Crippen molar-refractivity contribution in [1.29, 1.82) is 0 Å². The summed E-state index contributed by atoms with van der Waals surface area (Å²) >= 11 is 0. The molecule has 0 saturated carbocycles. The van der Waals surface area contributed by atoms with Crippen molar-refractivity contribution in [2.24, 2.45) is 0 Å². The van der Waals surface area contributed by atoms with Crippen LogP contribution in [-0.4, -0.2) is 6.54 Å². The van der Waals surface area contributed by atoms with Gasteiger partial charge in [0, 0.05) is 6.04 Å². The largest absolute Gasteiger partial charge is 0.310 e. The van der Waals surface area contributed by atoms with Gasteiger partial charge < -0.3 is 5.32 Å². The lowest BCUT2D eigenvalue weighted by atomic mass is 9.85. The average molecular weight is 259 g/mol. The number of hydrogen-bond donors (Lipinski definition) is 1. The molecule has 1 aliphatic carbocycles. The maximum absolute atomic E-state index is 3.73. The van der Waals surface area contributed by atoms with Crippen molar-refractivity contribution >= 4 is 0 Å². The molecule has 1 nitrogen and oxygen atoms in total. The van der Waals surface area contributed by atoms with E-state index in [-0.39, 0.29) is 0 Å². The fourth-order valence-corrected chi connectivity index (χ4v) is 3.26. The van der Waals surface area contributed by atoms with E-state index in [1.807, 2.05) is 0 Å². The first-order valence-corrected chi connectivity index (χ1v) is 7.87. The molecule has 1 aromatic rings. The number of fused-ring (bicyclic) bond motifs is 1. The molecule has 2 atom stereocenters. The van der Waals surface area contributed by atoms with Crippen LogP contribution in [0.5, 0.6) is 0 Å². The fourth-order valence-electron chi connectivity index (χ4n) is 3.26. The highest BCUT2D eigenvalue weighted by Gasteiger charge is 2.36. The molecular weight excluding hydrogens is 230 g/mol. The van der Waals surface area contributed by atoms with Crippen LogP contribution in [0, 0.1) is 0 Å². The van der Waals surface area contributed by atoms with Crippen molar-refractivity contribution in [3.8, 4) is 0 Å². The van der Waals surface area contributed by atoms with E-state index in [0.29, 0.717) is 17.4 Å². The minimum Gasteiger partial charge on any atom is -0.310 e. The summed E-state index contributed by atoms with van der Waals surface area (Å²) in [6.45, 7) is 12.7. The van der Waals surface area contributed by atoms with Crippen LogP contribution < -0.4 is 5.32 Å². The van der Waals surface area contributed by atoms with Gasteiger partial charge in [-0.2, -0.15) is 0 Å². The molecule has 1 N–H and O–H groups in total. The molecule has 106 valence electrons. The first kappa shape index (κ1) is 14.6. The van der Waals surface area contributed by atoms with E-state index in [2.05, 4.69) is 58.1 Å². The average Bonchev–Trinajstić information content (AvgIpc) is 2.66. The minimum atomic E-state index is 0.314. The molecule has 0 fully saturated rings. The maximum atomic E-state index is 3.73. The summed E-state index contributed by atoms with van der Waals surface area (Å²) in [6, 6.07) is 7.74. The van der Waals surface area contributed by atoms with Crippen LogP contribution in [-0.2, 0) is 5.41 Å². The van der Waals surface area contributed by atoms with E-state index in [0.717, 1.165) is 6.54 Å². The topological polar surface area (TPSA) is 12.0 Å². The molecule has 0 amide bonds. The quantitative estimate of drug-likeness (QED) is 0.791. The Balaban J connectivity index is 2.33. The molecular formula is C18H29N. The Kier molecular flexibility index (Phi) is 4.35. The van der Waals surface area contributed by atoms with E-state index in [9.17, 15) is 0 Å². The fraction of sp³-hybridized carbons (Fsp3) is 0.667. The number of hydrogen-bond acceptors (Lipinski definition) is 1. The van der Waals surface area contributed by atoms with E-state index < -0.39 is 0 Å². The summed E-state index contributed by atoms with van der Waals surface area (Å²) in [5.74, 6) is 0.667. The molecule has 0 spiro atoms. The Hall–Kier alpha value is -0.820. The van der Waals surface area contributed by atoms with Gasteiger partial charge in [-0.3, -0.25) is 0 Å².